The van der Waals surface area contributed by atoms with Gasteiger partial charge in [-0.25, -0.2) is 9.78 Å². The number of hydrogen-bond donors (Lipinski definition) is 2. The molecule has 8 nitrogen and oxygen atoms in total. The monoisotopic (exact) mass is 423 g/mol. The summed E-state index contributed by atoms with van der Waals surface area (Å²) in [5.41, 5.74) is 1.71. The Bertz CT molecular complexity index is 869. The van der Waals surface area contributed by atoms with Crippen LogP contribution in [-0.4, -0.2) is 61.2 Å². The van der Waals surface area contributed by atoms with Crippen LogP contribution in [0.5, 0.6) is 0 Å². The summed E-state index contributed by atoms with van der Waals surface area (Å²) in [5.74, 6) is 0.719. The van der Waals surface area contributed by atoms with Gasteiger partial charge in [0.1, 0.15) is 5.82 Å². The number of piperidine rings is 1. The Labute approximate surface area is 182 Å². The molecule has 1 aromatic heterocycles. The van der Waals surface area contributed by atoms with Gasteiger partial charge in [-0.05, 0) is 36.6 Å². The zero-order chi connectivity index (χ0) is 21.5. The number of rotatable bonds is 5. The lowest BCUT2D eigenvalue weighted by atomic mass is 9.97. The second kappa shape index (κ2) is 10.3. The van der Waals surface area contributed by atoms with Gasteiger partial charge >= 0.3 is 6.03 Å². The summed E-state index contributed by atoms with van der Waals surface area (Å²) in [6.45, 7) is 4.66. The second-order valence-electron chi connectivity index (χ2n) is 7.92. The Morgan fingerprint density at radius 2 is 1.87 bits per heavy atom. The lowest BCUT2D eigenvalue weighted by Gasteiger charge is -2.32. The van der Waals surface area contributed by atoms with E-state index in [1.165, 1.54) is 0 Å². The van der Waals surface area contributed by atoms with Gasteiger partial charge in [0.25, 0.3) is 0 Å². The quantitative estimate of drug-likeness (QED) is 0.772. The Morgan fingerprint density at radius 3 is 2.61 bits per heavy atom. The summed E-state index contributed by atoms with van der Waals surface area (Å²) in [7, 11) is 0. The molecule has 0 bridgehead atoms. The predicted octanol–water partition coefficient (Wildman–Crippen LogP) is 2.48. The van der Waals surface area contributed by atoms with E-state index in [1.54, 1.807) is 4.90 Å². The number of anilines is 2. The summed E-state index contributed by atoms with van der Waals surface area (Å²) in [6, 6.07) is 13.2. The highest BCUT2D eigenvalue weighted by Crippen LogP contribution is 2.19. The van der Waals surface area contributed by atoms with Crippen LogP contribution >= 0.6 is 0 Å². The van der Waals surface area contributed by atoms with Crippen molar-refractivity contribution < 1.29 is 14.3 Å². The average Bonchev–Trinajstić information content (AvgIpc) is 2.84. The smallest absolute Gasteiger partial charge is 0.321 e. The van der Waals surface area contributed by atoms with Gasteiger partial charge < -0.3 is 25.2 Å². The lowest BCUT2D eigenvalue weighted by molar-refractivity contribution is -0.126. The number of pyridine rings is 1. The third kappa shape index (κ3) is 5.73. The molecule has 2 aliphatic heterocycles. The van der Waals surface area contributed by atoms with Crippen LogP contribution < -0.4 is 15.5 Å². The molecule has 0 saturated carbocycles. The van der Waals surface area contributed by atoms with E-state index in [0.717, 1.165) is 56.2 Å². The van der Waals surface area contributed by atoms with Crippen LogP contribution in [0.1, 0.15) is 18.4 Å². The van der Waals surface area contributed by atoms with Gasteiger partial charge in [0.05, 0.1) is 19.1 Å². The molecule has 3 heterocycles. The van der Waals surface area contributed by atoms with Crippen LogP contribution in [0.15, 0.2) is 48.7 Å². The highest BCUT2D eigenvalue weighted by atomic mass is 16.5. The zero-order valence-electron chi connectivity index (χ0n) is 17.6. The number of likely N-dealkylation sites (tertiary alicyclic amines) is 1. The summed E-state index contributed by atoms with van der Waals surface area (Å²) in [4.78, 5) is 33.7. The predicted molar refractivity (Wildman–Crippen MR) is 119 cm³/mol. The van der Waals surface area contributed by atoms with Gasteiger partial charge in [0.15, 0.2) is 0 Å². The molecule has 1 atom stereocenters. The third-order valence-corrected chi connectivity index (χ3v) is 5.72. The molecule has 31 heavy (non-hydrogen) atoms. The largest absolute Gasteiger partial charge is 0.378 e. The minimum atomic E-state index is -0.198. The maximum Gasteiger partial charge on any atom is 0.321 e. The molecule has 2 fully saturated rings. The van der Waals surface area contributed by atoms with Gasteiger partial charge in [-0.1, -0.05) is 24.3 Å². The van der Waals surface area contributed by atoms with Crippen molar-refractivity contribution in [1.82, 2.24) is 15.2 Å². The molecule has 0 radical (unpaired) electrons. The fourth-order valence-electron chi connectivity index (χ4n) is 3.93. The number of carbonyl (C=O) groups excluding carboxylic acids is 2. The molecule has 2 N–H and O–H groups in total. The van der Waals surface area contributed by atoms with Crippen molar-refractivity contribution >= 4 is 23.4 Å². The van der Waals surface area contributed by atoms with Crippen molar-refractivity contribution in [2.45, 2.75) is 19.4 Å². The first-order valence-electron chi connectivity index (χ1n) is 10.9. The van der Waals surface area contributed by atoms with E-state index < -0.39 is 0 Å². The Balaban J connectivity index is 1.25. The van der Waals surface area contributed by atoms with Crippen LogP contribution in [0.3, 0.4) is 0 Å². The van der Waals surface area contributed by atoms with Gasteiger partial charge in [0.2, 0.25) is 5.91 Å². The number of carbonyl (C=O) groups is 2. The van der Waals surface area contributed by atoms with E-state index in [2.05, 4.69) is 20.5 Å². The van der Waals surface area contributed by atoms with E-state index in [1.807, 2.05) is 48.7 Å². The first kappa shape index (κ1) is 21.1. The maximum atomic E-state index is 12.7. The Morgan fingerprint density at radius 1 is 1.06 bits per heavy atom. The minimum absolute atomic E-state index is 0.0190. The van der Waals surface area contributed by atoms with Crippen LogP contribution in [0, 0.1) is 5.92 Å². The fraction of sp³-hybridized carbons (Fsp3) is 0.435. The second-order valence-corrected chi connectivity index (χ2v) is 7.92. The number of hydrogen-bond acceptors (Lipinski definition) is 5. The molecular formula is C23H29N5O3. The van der Waals surface area contributed by atoms with E-state index in [9.17, 15) is 9.59 Å². The van der Waals surface area contributed by atoms with Gasteiger partial charge in [-0.3, -0.25) is 4.79 Å². The summed E-state index contributed by atoms with van der Waals surface area (Å²) in [6.07, 6.45) is 3.41. The van der Waals surface area contributed by atoms with Crippen LogP contribution in [0.25, 0.3) is 0 Å². The van der Waals surface area contributed by atoms with Gasteiger partial charge in [-0.2, -0.15) is 0 Å². The molecule has 0 unspecified atom stereocenters. The van der Waals surface area contributed by atoms with Gasteiger partial charge in [0, 0.05) is 44.6 Å². The molecule has 0 spiro atoms. The molecule has 4 rings (SSSR count). The third-order valence-electron chi connectivity index (χ3n) is 5.72. The minimum Gasteiger partial charge on any atom is -0.378 e. The van der Waals surface area contributed by atoms with E-state index in [-0.39, 0.29) is 17.9 Å². The van der Waals surface area contributed by atoms with E-state index >= 15 is 0 Å². The number of urea groups is 1. The summed E-state index contributed by atoms with van der Waals surface area (Å²) < 4.78 is 5.37. The molecule has 2 aliphatic rings. The molecule has 3 amide bonds. The number of nitrogens with one attached hydrogen (secondary N) is 2. The lowest BCUT2D eigenvalue weighted by Crippen LogP contribution is -2.46. The highest BCUT2D eigenvalue weighted by molar-refractivity contribution is 5.90. The molecule has 1 aromatic carbocycles. The van der Waals surface area contributed by atoms with Crippen molar-refractivity contribution in [2.75, 3.05) is 49.6 Å². The maximum absolute atomic E-state index is 12.7. The molecule has 164 valence electrons. The summed E-state index contributed by atoms with van der Waals surface area (Å²) >= 11 is 0. The van der Waals surface area contributed by atoms with Crippen LogP contribution in [-0.2, 0) is 16.1 Å². The molecule has 8 heteroatoms. The van der Waals surface area contributed by atoms with Crippen molar-refractivity contribution in [1.29, 1.82) is 0 Å². The normalized spacial score (nSPS) is 19.0. The van der Waals surface area contributed by atoms with Gasteiger partial charge in [-0.15, -0.1) is 0 Å². The Kier molecular flexibility index (Phi) is 6.99. The Hall–Kier alpha value is -3.13. The van der Waals surface area contributed by atoms with Crippen molar-refractivity contribution in [3.05, 3.63) is 54.2 Å². The first-order chi connectivity index (χ1) is 15.2. The molecule has 2 aromatic rings. The molecule has 0 aliphatic carbocycles. The molecule has 2 saturated heterocycles. The first-order valence-corrected chi connectivity index (χ1v) is 10.9. The zero-order valence-corrected chi connectivity index (χ0v) is 17.6. The van der Waals surface area contributed by atoms with Crippen molar-refractivity contribution in [2.24, 2.45) is 5.92 Å². The number of benzene rings is 1. The van der Waals surface area contributed by atoms with Crippen molar-refractivity contribution in [3.8, 4) is 0 Å². The fourth-order valence-corrected chi connectivity index (χ4v) is 3.93. The molecular weight excluding hydrogens is 394 g/mol. The standard InChI is InChI=1S/C23H29N5O3/c29-22(25-16-18-8-9-21(24-15-18)27-11-13-31-14-12-27)19-5-4-10-28(17-19)23(30)26-20-6-2-1-3-7-20/h1-3,6-9,15,19H,4-5,10-14,16-17H2,(H,25,29)(H,26,30)/t19-/m1/s1. The number of morpholine rings is 1. The SMILES string of the molecule is O=C(NCc1ccc(N2CCOCC2)nc1)[C@@H]1CCCN(C(=O)Nc2ccccc2)C1. The van der Waals surface area contributed by atoms with Crippen LogP contribution in [0.4, 0.5) is 16.3 Å². The number of aromatic nitrogens is 1. The topological polar surface area (TPSA) is 86.8 Å². The van der Waals surface area contributed by atoms with E-state index in [4.69, 9.17) is 4.74 Å². The van der Waals surface area contributed by atoms with E-state index in [0.29, 0.717) is 19.6 Å². The average molecular weight is 424 g/mol. The number of amides is 3. The highest BCUT2D eigenvalue weighted by Gasteiger charge is 2.28. The van der Waals surface area contributed by atoms with Crippen molar-refractivity contribution in [3.63, 3.8) is 0 Å². The number of ether oxygens (including phenoxy) is 1. The number of para-hydroxylation sites is 1. The number of nitrogens with zero attached hydrogens (tertiary/aromatic N) is 3. The van der Waals surface area contributed by atoms with Crippen LogP contribution in [0.2, 0.25) is 0 Å². The summed E-state index contributed by atoms with van der Waals surface area (Å²) in [5, 5.41) is 5.90.